The lowest BCUT2D eigenvalue weighted by Crippen LogP contribution is -2.41. The average Bonchev–Trinajstić information content (AvgIpc) is 2.58. The van der Waals surface area contributed by atoms with Crippen molar-refractivity contribution in [1.29, 1.82) is 0 Å². The van der Waals surface area contributed by atoms with Gasteiger partial charge in [0.05, 0.1) is 23.9 Å². The zero-order chi connectivity index (χ0) is 16.2. The minimum Gasteiger partial charge on any atom is -0.378 e. The lowest BCUT2D eigenvalue weighted by molar-refractivity contribution is 0.0299. The van der Waals surface area contributed by atoms with Crippen molar-refractivity contribution in [2.24, 2.45) is 0 Å². The van der Waals surface area contributed by atoms with Gasteiger partial charge in [0.25, 0.3) is 5.91 Å². The van der Waals surface area contributed by atoms with Crippen molar-refractivity contribution in [2.45, 2.75) is 0 Å². The number of amides is 1. The number of pyridine rings is 1. The van der Waals surface area contributed by atoms with Crippen LogP contribution in [0.25, 0.3) is 0 Å². The quantitative estimate of drug-likeness (QED) is 0.917. The number of benzene rings is 1. The van der Waals surface area contributed by atoms with E-state index < -0.39 is 0 Å². The molecule has 0 bridgehead atoms. The zero-order valence-electron chi connectivity index (χ0n) is 12.3. The Morgan fingerprint density at radius 2 is 1.96 bits per heavy atom. The molecule has 1 amide bonds. The Morgan fingerprint density at radius 3 is 2.74 bits per heavy atom. The summed E-state index contributed by atoms with van der Waals surface area (Å²) in [6.07, 6.45) is 1.59. The van der Waals surface area contributed by atoms with E-state index >= 15 is 0 Å². The molecular formula is C16H15Cl2N3O2. The van der Waals surface area contributed by atoms with Crippen molar-refractivity contribution in [3.05, 3.63) is 52.3 Å². The van der Waals surface area contributed by atoms with Gasteiger partial charge in [0.1, 0.15) is 5.69 Å². The Hall–Kier alpha value is -1.82. The van der Waals surface area contributed by atoms with E-state index in [2.05, 4.69) is 10.3 Å². The second-order valence-electron chi connectivity index (χ2n) is 5.08. The van der Waals surface area contributed by atoms with Crippen LogP contribution in [-0.4, -0.2) is 42.1 Å². The first-order chi connectivity index (χ1) is 11.1. The van der Waals surface area contributed by atoms with Gasteiger partial charge in [-0.05, 0) is 30.3 Å². The Labute approximate surface area is 144 Å². The average molecular weight is 352 g/mol. The Balaban J connectivity index is 1.79. The van der Waals surface area contributed by atoms with Crippen LogP contribution < -0.4 is 5.32 Å². The number of morpholine rings is 1. The van der Waals surface area contributed by atoms with Crippen LogP contribution in [0.3, 0.4) is 0 Å². The lowest BCUT2D eigenvalue weighted by Gasteiger charge is -2.26. The molecule has 1 aromatic heterocycles. The number of anilines is 2. The number of rotatable bonds is 3. The molecule has 0 atom stereocenters. The van der Waals surface area contributed by atoms with Crippen LogP contribution in [0.4, 0.5) is 11.4 Å². The predicted molar refractivity (Wildman–Crippen MR) is 90.7 cm³/mol. The summed E-state index contributed by atoms with van der Waals surface area (Å²) in [4.78, 5) is 18.4. The second kappa shape index (κ2) is 7.17. The summed E-state index contributed by atoms with van der Waals surface area (Å²) in [6.45, 7) is 2.28. The monoisotopic (exact) mass is 351 g/mol. The van der Waals surface area contributed by atoms with E-state index in [0.717, 1.165) is 5.69 Å². The van der Waals surface area contributed by atoms with Gasteiger partial charge in [0.2, 0.25) is 0 Å². The number of carbonyl (C=O) groups is 1. The number of aromatic nitrogens is 1. The number of nitrogens with zero attached hydrogens (tertiary/aromatic N) is 2. The first-order valence-corrected chi connectivity index (χ1v) is 7.94. The molecule has 2 aromatic rings. The molecule has 120 valence electrons. The summed E-state index contributed by atoms with van der Waals surface area (Å²) in [5.41, 5.74) is 1.78. The highest BCUT2D eigenvalue weighted by Crippen LogP contribution is 2.28. The smallest absolute Gasteiger partial charge is 0.272 e. The van der Waals surface area contributed by atoms with Gasteiger partial charge < -0.3 is 15.0 Å². The molecule has 2 heterocycles. The number of nitrogens with one attached hydrogen (secondary N) is 1. The highest BCUT2D eigenvalue weighted by Gasteiger charge is 2.19. The van der Waals surface area contributed by atoms with Crippen molar-refractivity contribution < 1.29 is 9.53 Å². The first kappa shape index (κ1) is 16.1. The Morgan fingerprint density at radius 1 is 1.17 bits per heavy atom. The van der Waals surface area contributed by atoms with Gasteiger partial charge in [-0.1, -0.05) is 23.2 Å². The molecule has 5 nitrogen and oxygen atoms in total. The Bertz CT molecular complexity index is 718. The fourth-order valence-electron chi connectivity index (χ4n) is 2.30. The molecule has 0 radical (unpaired) electrons. The summed E-state index contributed by atoms with van der Waals surface area (Å²) in [5, 5.41) is 4.29. The maximum atomic E-state index is 12.5. The summed E-state index contributed by atoms with van der Waals surface area (Å²) in [5.74, 6) is -0.103. The largest absolute Gasteiger partial charge is 0.378 e. The molecule has 0 unspecified atom stereocenters. The number of halogens is 2. The van der Waals surface area contributed by atoms with Gasteiger partial charge in [-0.15, -0.1) is 0 Å². The van der Waals surface area contributed by atoms with Crippen LogP contribution in [-0.2, 0) is 4.74 Å². The van der Waals surface area contributed by atoms with Crippen LogP contribution >= 0.6 is 23.2 Å². The van der Waals surface area contributed by atoms with Gasteiger partial charge in [-0.3, -0.25) is 9.78 Å². The molecule has 1 N–H and O–H groups in total. The van der Waals surface area contributed by atoms with Gasteiger partial charge in [-0.2, -0.15) is 0 Å². The summed E-state index contributed by atoms with van der Waals surface area (Å²) in [7, 11) is 0. The number of hydrogen-bond donors (Lipinski definition) is 1. The molecule has 1 saturated heterocycles. The van der Waals surface area contributed by atoms with Gasteiger partial charge in [-0.25, -0.2) is 0 Å². The molecule has 3 rings (SSSR count). The highest BCUT2D eigenvalue weighted by atomic mass is 35.5. The minimum atomic E-state index is -0.103. The van der Waals surface area contributed by atoms with Crippen LogP contribution in [0, 0.1) is 0 Å². The standard InChI is InChI=1S/C16H15Cl2N3O2/c17-11-1-2-13(18)14(9-11)20-12-3-4-19-15(10-12)16(22)21-5-7-23-8-6-21/h1-4,9-10H,5-8H2,(H,19,20). The predicted octanol–water partition coefficient (Wildman–Crippen LogP) is 3.60. The van der Waals surface area contributed by atoms with Gasteiger partial charge in [0.15, 0.2) is 0 Å². The van der Waals surface area contributed by atoms with Crippen molar-refractivity contribution >= 4 is 40.5 Å². The summed E-state index contributed by atoms with van der Waals surface area (Å²) >= 11 is 12.1. The van der Waals surface area contributed by atoms with E-state index in [1.54, 1.807) is 41.4 Å². The molecule has 1 aromatic carbocycles. The van der Waals surface area contributed by atoms with E-state index in [4.69, 9.17) is 27.9 Å². The second-order valence-corrected chi connectivity index (χ2v) is 5.93. The fraction of sp³-hybridized carbons (Fsp3) is 0.250. The van der Waals surface area contributed by atoms with E-state index in [0.29, 0.717) is 47.7 Å². The van der Waals surface area contributed by atoms with E-state index in [1.165, 1.54) is 0 Å². The van der Waals surface area contributed by atoms with Crippen molar-refractivity contribution in [3.63, 3.8) is 0 Å². The SMILES string of the molecule is O=C(c1cc(Nc2cc(Cl)ccc2Cl)ccn1)N1CCOCC1. The number of ether oxygens (including phenoxy) is 1. The minimum absolute atomic E-state index is 0.103. The van der Waals surface area contributed by atoms with Crippen LogP contribution in [0.1, 0.15) is 10.5 Å². The van der Waals surface area contributed by atoms with E-state index in [9.17, 15) is 4.79 Å². The zero-order valence-corrected chi connectivity index (χ0v) is 13.8. The number of carbonyl (C=O) groups excluding carboxylic acids is 1. The molecule has 23 heavy (non-hydrogen) atoms. The van der Waals surface area contributed by atoms with E-state index in [-0.39, 0.29) is 5.91 Å². The van der Waals surface area contributed by atoms with Gasteiger partial charge >= 0.3 is 0 Å². The first-order valence-electron chi connectivity index (χ1n) is 7.18. The van der Waals surface area contributed by atoms with Crippen LogP contribution in [0.5, 0.6) is 0 Å². The van der Waals surface area contributed by atoms with Crippen molar-refractivity contribution in [3.8, 4) is 0 Å². The fourth-order valence-corrected chi connectivity index (χ4v) is 2.64. The number of hydrogen-bond acceptors (Lipinski definition) is 4. The van der Waals surface area contributed by atoms with Crippen molar-refractivity contribution in [2.75, 3.05) is 31.6 Å². The molecule has 1 aliphatic heterocycles. The highest BCUT2D eigenvalue weighted by molar-refractivity contribution is 6.35. The molecule has 0 spiro atoms. The van der Waals surface area contributed by atoms with Crippen molar-refractivity contribution in [1.82, 2.24) is 9.88 Å². The molecule has 1 fully saturated rings. The lowest BCUT2D eigenvalue weighted by atomic mass is 10.2. The molecule has 7 heteroatoms. The molecular weight excluding hydrogens is 337 g/mol. The maximum Gasteiger partial charge on any atom is 0.272 e. The topological polar surface area (TPSA) is 54.5 Å². The molecule has 0 saturated carbocycles. The third kappa shape index (κ3) is 3.93. The van der Waals surface area contributed by atoms with Gasteiger partial charge in [0, 0.05) is 30.0 Å². The van der Waals surface area contributed by atoms with E-state index in [1.807, 2.05) is 0 Å². The third-order valence-electron chi connectivity index (χ3n) is 3.48. The molecule has 1 aliphatic rings. The van der Waals surface area contributed by atoms with Crippen LogP contribution in [0.2, 0.25) is 10.0 Å². The third-order valence-corrected chi connectivity index (χ3v) is 4.05. The molecule has 0 aliphatic carbocycles. The maximum absolute atomic E-state index is 12.5. The summed E-state index contributed by atoms with van der Waals surface area (Å²) in [6, 6.07) is 8.64. The summed E-state index contributed by atoms with van der Waals surface area (Å²) < 4.78 is 5.26. The Kier molecular flexibility index (Phi) is 5.00. The van der Waals surface area contributed by atoms with Crippen LogP contribution in [0.15, 0.2) is 36.5 Å². The normalized spacial score (nSPS) is 14.6.